The van der Waals surface area contributed by atoms with Gasteiger partial charge in [0.15, 0.2) is 6.29 Å². The number of aliphatic hydroxyl groups excluding tert-OH is 1. The third kappa shape index (κ3) is 3.52. The van der Waals surface area contributed by atoms with Crippen molar-refractivity contribution >= 4 is 0 Å². The van der Waals surface area contributed by atoms with Gasteiger partial charge in [-0.1, -0.05) is 6.92 Å². The molecule has 0 aliphatic carbocycles. The minimum Gasteiger partial charge on any atom is -0.391 e. The Labute approximate surface area is 73.7 Å². The van der Waals surface area contributed by atoms with Crippen LogP contribution in [0.1, 0.15) is 32.6 Å². The van der Waals surface area contributed by atoms with Gasteiger partial charge in [0.1, 0.15) is 0 Å². The largest absolute Gasteiger partial charge is 0.391 e. The molecular weight excluding hydrogens is 156 g/mol. The minimum atomic E-state index is -0.337. The van der Waals surface area contributed by atoms with Crippen molar-refractivity contribution in [1.82, 2.24) is 0 Å². The van der Waals surface area contributed by atoms with E-state index in [1.54, 1.807) is 0 Å². The molecule has 0 aromatic heterocycles. The predicted molar refractivity (Wildman–Crippen MR) is 45.8 cm³/mol. The van der Waals surface area contributed by atoms with E-state index in [0.717, 1.165) is 25.9 Å². The molecule has 1 aliphatic heterocycles. The zero-order valence-corrected chi connectivity index (χ0v) is 7.66. The molecule has 1 N–H and O–H groups in total. The highest BCUT2D eigenvalue weighted by molar-refractivity contribution is 4.56. The molecule has 0 spiro atoms. The molecule has 72 valence electrons. The zero-order valence-electron chi connectivity index (χ0n) is 7.66. The first-order chi connectivity index (χ1) is 5.83. The van der Waals surface area contributed by atoms with Crippen LogP contribution in [0.5, 0.6) is 0 Å². The van der Waals surface area contributed by atoms with Gasteiger partial charge in [-0.15, -0.1) is 0 Å². The molecule has 2 unspecified atom stereocenters. The van der Waals surface area contributed by atoms with Gasteiger partial charge in [0.2, 0.25) is 0 Å². The van der Waals surface area contributed by atoms with Crippen molar-refractivity contribution in [3.05, 3.63) is 0 Å². The summed E-state index contributed by atoms with van der Waals surface area (Å²) in [5, 5.41) is 9.21. The number of aliphatic hydroxyl groups is 1. The van der Waals surface area contributed by atoms with Crippen LogP contribution < -0.4 is 0 Å². The molecule has 1 fully saturated rings. The molecule has 0 saturated carbocycles. The average Bonchev–Trinajstić information content (AvgIpc) is 2.16. The van der Waals surface area contributed by atoms with Gasteiger partial charge >= 0.3 is 0 Å². The van der Waals surface area contributed by atoms with E-state index in [-0.39, 0.29) is 12.4 Å². The van der Waals surface area contributed by atoms with Crippen LogP contribution in [0.2, 0.25) is 0 Å². The molecular formula is C9H18O3. The van der Waals surface area contributed by atoms with Crippen LogP contribution in [0.25, 0.3) is 0 Å². The second-order valence-electron chi connectivity index (χ2n) is 3.19. The highest BCUT2D eigenvalue weighted by Gasteiger charge is 2.14. The van der Waals surface area contributed by atoms with Crippen molar-refractivity contribution in [2.24, 2.45) is 0 Å². The molecule has 12 heavy (non-hydrogen) atoms. The van der Waals surface area contributed by atoms with Crippen molar-refractivity contribution in [2.75, 3.05) is 13.2 Å². The molecule has 1 rings (SSSR count). The van der Waals surface area contributed by atoms with Crippen LogP contribution in [0.15, 0.2) is 0 Å². The summed E-state index contributed by atoms with van der Waals surface area (Å²) >= 11 is 0. The Kier molecular flexibility index (Phi) is 4.58. The zero-order chi connectivity index (χ0) is 8.81. The molecule has 3 heteroatoms. The fraction of sp³-hybridized carbons (Fsp3) is 1.00. The van der Waals surface area contributed by atoms with Gasteiger partial charge in [0, 0.05) is 6.61 Å². The van der Waals surface area contributed by atoms with Gasteiger partial charge in [0.05, 0.1) is 12.7 Å². The van der Waals surface area contributed by atoms with Gasteiger partial charge < -0.3 is 14.6 Å². The molecule has 0 bridgehead atoms. The smallest absolute Gasteiger partial charge is 0.157 e. The van der Waals surface area contributed by atoms with E-state index < -0.39 is 0 Å². The summed E-state index contributed by atoms with van der Waals surface area (Å²) in [6.07, 6.45) is 3.61. The second kappa shape index (κ2) is 5.51. The Morgan fingerprint density at radius 3 is 3.00 bits per heavy atom. The van der Waals surface area contributed by atoms with Crippen molar-refractivity contribution in [3.63, 3.8) is 0 Å². The standard InChI is InChI=1S/C9H18O3/c1-2-8(10)7-12-9-5-3-4-6-11-9/h8-10H,2-7H2,1H3. The van der Waals surface area contributed by atoms with Crippen LogP contribution in [0.4, 0.5) is 0 Å². The molecule has 1 heterocycles. The maximum absolute atomic E-state index is 9.21. The molecule has 0 aromatic rings. The van der Waals surface area contributed by atoms with E-state index in [2.05, 4.69) is 0 Å². The summed E-state index contributed by atoms with van der Waals surface area (Å²) < 4.78 is 10.7. The van der Waals surface area contributed by atoms with E-state index in [1.165, 1.54) is 6.42 Å². The van der Waals surface area contributed by atoms with E-state index >= 15 is 0 Å². The number of hydrogen-bond donors (Lipinski definition) is 1. The minimum absolute atomic E-state index is 0.0695. The van der Waals surface area contributed by atoms with E-state index in [4.69, 9.17) is 9.47 Å². The second-order valence-corrected chi connectivity index (χ2v) is 3.19. The van der Waals surface area contributed by atoms with Gasteiger partial charge in [-0.2, -0.15) is 0 Å². The summed E-state index contributed by atoms with van der Waals surface area (Å²) in [4.78, 5) is 0. The topological polar surface area (TPSA) is 38.7 Å². The van der Waals surface area contributed by atoms with Crippen LogP contribution >= 0.6 is 0 Å². The van der Waals surface area contributed by atoms with Crippen LogP contribution in [-0.2, 0) is 9.47 Å². The summed E-state index contributed by atoms with van der Waals surface area (Å²) in [5.41, 5.74) is 0. The summed E-state index contributed by atoms with van der Waals surface area (Å²) in [6, 6.07) is 0. The highest BCUT2D eigenvalue weighted by atomic mass is 16.7. The van der Waals surface area contributed by atoms with E-state index in [0.29, 0.717) is 6.61 Å². The number of ether oxygens (including phenoxy) is 2. The molecule has 3 nitrogen and oxygen atoms in total. The maximum atomic E-state index is 9.21. The Morgan fingerprint density at radius 1 is 1.58 bits per heavy atom. The molecule has 1 aliphatic rings. The highest BCUT2D eigenvalue weighted by Crippen LogP contribution is 2.13. The Balaban J connectivity index is 2.05. The van der Waals surface area contributed by atoms with Gasteiger partial charge in [-0.25, -0.2) is 0 Å². The van der Waals surface area contributed by atoms with Crippen molar-refractivity contribution < 1.29 is 14.6 Å². The lowest BCUT2D eigenvalue weighted by atomic mass is 10.2. The van der Waals surface area contributed by atoms with E-state index in [9.17, 15) is 5.11 Å². The maximum Gasteiger partial charge on any atom is 0.157 e. The fourth-order valence-corrected chi connectivity index (χ4v) is 1.18. The Bertz CT molecular complexity index is 110. The quantitative estimate of drug-likeness (QED) is 0.698. The average molecular weight is 174 g/mol. The molecule has 2 atom stereocenters. The summed E-state index contributed by atoms with van der Waals surface area (Å²) in [5.74, 6) is 0. The van der Waals surface area contributed by atoms with Crippen LogP contribution in [0.3, 0.4) is 0 Å². The predicted octanol–water partition coefficient (Wildman–Crippen LogP) is 1.30. The molecule has 0 amide bonds. The van der Waals surface area contributed by atoms with Gasteiger partial charge in [0.25, 0.3) is 0 Å². The fourth-order valence-electron chi connectivity index (χ4n) is 1.18. The molecule has 0 radical (unpaired) electrons. The lowest BCUT2D eigenvalue weighted by molar-refractivity contribution is -0.175. The van der Waals surface area contributed by atoms with Crippen LogP contribution in [-0.4, -0.2) is 30.7 Å². The van der Waals surface area contributed by atoms with Crippen molar-refractivity contribution in [2.45, 2.75) is 45.0 Å². The summed E-state index contributed by atoms with van der Waals surface area (Å²) in [6.45, 7) is 3.14. The Morgan fingerprint density at radius 2 is 2.42 bits per heavy atom. The van der Waals surface area contributed by atoms with Crippen molar-refractivity contribution in [1.29, 1.82) is 0 Å². The SMILES string of the molecule is CCC(O)COC1CCCCO1. The number of rotatable bonds is 4. The normalized spacial score (nSPS) is 27.0. The first-order valence-corrected chi connectivity index (χ1v) is 4.74. The van der Waals surface area contributed by atoms with Crippen LogP contribution in [0, 0.1) is 0 Å². The van der Waals surface area contributed by atoms with Crippen molar-refractivity contribution in [3.8, 4) is 0 Å². The van der Waals surface area contributed by atoms with E-state index in [1.807, 2.05) is 6.92 Å². The molecule has 1 saturated heterocycles. The lowest BCUT2D eigenvalue weighted by Crippen LogP contribution is -2.26. The lowest BCUT2D eigenvalue weighted by Gasteiger charge is -2.23. The van der Waals surface area contributed by atoms with Gasteiger partial charge in [-0.05, 0) is 25.7 Å². The first kappa shape index (κ1) is 9.96. The summed E-state index contributed by atoms with van der Waals surface area (Å²) in [7, 11) is 0. The monoisotopic (exact) mass is 174 g/mol. The Hall–Kier alpha value is -0.120. The van der Waals surface area contributed by atoms with Gasteiger partial charge in [-0.3, -0.25) is 0 Å². The molecule has 0 aromatic carbocycles. The third-order valence-electron chi connectivity index (χ3n) is 2.08. The first-order valence-electron chi connectivity index (χ1n) is 4.74. The third-order valence-corrected chi connectivity index (χ3v) is 2.08. The number of hydrogen-bond acceptors (Lipinski definition) is 3.